The third-order valence-electron chi connectivity index (χ3n) is 3.29. The van der Waals surface area contributed by atoms with Gasteiger partial charge in [0.2, 0.25) is 5.91 Å². The van der Waals surface area contributed by atoms with E-state index in [0.717, 1.165) is 4.47 Å². The van der Waals surface area contributed by atoms with Crippen molar-refractivity contribution < 1.29 is 14.3 Å². The lowest BCUT2D eigenvalue weighted by Crippen LogP contribution is -2.37. The van der Waals surface area contributed by atoms with Gasteiger partial charge in [0.25, 0.3) is 5.91 Å². The average Bonchev–Trinajstić information content (AvgIpc) is 2.59. The van der Waals surface area contributed by atoms with Crippen LogP contribution >= 0.6 is 27.5 Å². The summed E-state index contributed by atoms with van der Waals surface area (Å²) in [5.41, 5.74) is 0.704. The van der Waals surface area contributed by atoms with Gasteiger partial charge < -0.3 is 15.4 Å². The van der Waals surface area contributed by atoms with Crippen molar-refractivity contribution in [3.8, 4) is 5.75 Å². The fraction of sp³-hybridized carbons (Fsp3) is 0.222. The van der Waals surface area contributed by atoms with Gasteiger partial charge in [-0.1, -0.05) is 39.7 Å². The molecule has 25 heavy (non-hydrogen) atoms. The van der Waals surface area contributed by atoms with Crippen LogP contribution < -0.4 is 15.4 Å². The number of ether oxygens (including phenoxy) is 1. The van der Waals surface area contributed by atoms with Crippen LogP contribution in [0.4, 0.5) is 5.69 Å². The van der Waals surface area contributed by atoms with Gasteiger partial charge in [0.1, 0.15) is 5.75 Å². The smallest absolute Gasteiger partial charge is 0.260 e. The summed E-state index contributed by atoms with van der Waals surface area (Å²) in [5, 5.41) is 5.87. The molecule has 2 aromatic rings. The first-order valence-electron chi connectivity index (χ1n) is 7.70. The second-order valence-electron chi connectivity index (χ2n) is 5.29. The Morgan fingerprint density at radius 1 is 1.16 bits per heavy atom. The van der Waals surface area contributed by atoms with Gasteiger partial charge in [0.05, 0.1) is 5.02 Å². The minimum Gasteiger partial charge on any atom is -0.479 e. The molecule has 0 aromatic heterocycles. The van der Waals surface area contributed by atoms with Crippen molar-refractivity contribution in [3.05, 3.63) is 58.0 Å². The zero-order valence-electron chi connectivity index (χ0n) is 13.6. The normalized spacial score (nSPS) is 11.5. The maximum Gasteiger partial charge on any atom is 0.260 e. The van der Waals surface area contributed by atoms with Gasteiger partial charge in [-0.15, -0.1) is 0 Å². The first kappa shape index (κ1) is 19.3. The monoisotopic (exact) mass is 424 g/mol. The van der Waals surface area contributed by atoms with E-state index < -0.39 is 6.10 Å². The number of hydrogen-bond donors (Lipinski definition) is 2. The summed E-state index contributed by atoms with van der Waals surface area (Å²) >= 11 is 9.32. The Morgan fingerprint density at radius 2 is 1.84 bits per heavy atom. The third kappa shape index (κ3) is 6.40. The van der Waals surface area contributed by atoms with E-state index in [2.05, 4.69) is 26.6 Å². The number of nitrogens with one attached hydrogen (secondary N) is 2. The molecule has 2 aromatic carbocycles. The minimum absolute atomic E-state index is 0.167. The Labute approximate surface area is 159 Å². The van der Waals surface area contributed by atoms with Crippen molar-refractivity contribution >= 4 is 45.0 Å². The second-order valence-corrected chi connectivity index (χ2v) is 6.61. The van der Waals surface area contributed by atoms with Crippen molar-refractivity contribution in [3.63, 3.8) is 0 Å². The van der Waals surface area contributed by atoms with Crippen LogP contribution in [-0.4, -0.2) is 24.5 Å². The number of hydrogen-bond acceptors (Lipinski definition) is 3. The number of carbonyl (C=O) groups is 2. The van der Waals surface area contributed by atoms with Crippen LogP contribution in [0, 0.1) is 0 Å². The molecule has 0 aliphatic carbocycles. The highest BCUT2D eigenvalue weighted by molar-refractivity contribution is 9.10. The van der Waals surface area contributed by atoms with Crippen LogP contribution in [0.15, 0.2) is 53.0 Å². The summed E-state index contributed by atoms with van der Waals surface area (Å²) in [4.78, 5) is 23.9. The summed E-state index contributed by atoms with van der Waals surface area (Å²) in [6.07, 6.45) is -0.546. The molecule has 7 heteroatoms. The number of anilines is 1. The Bertz CT molecular complexity index is 737. The summed E-state index contributed by atoms with van der Waals surface area (Å²) in [6, 6.07) is 14.2. The molecule has 0 aliphatic rings. The van der Waals surface area contributed by atoms with E-state index in [-0.39, 0.29) is 24.8 Å². The SMILES string of the molecule is CC(Oc1ccccc1Cl)C(=O)NCCC(=O)Nc1ccc(Br)cc1. The van der Waals surface area contributed by atoms with Crippen molar-refractivity contribution in [1.82, 2.24) is 5.32 Å². The molecule has 0 aliphatic heterocycles. The molecule has 0 radical (unpaired) electrons. The van der Waals surface area contributed by atoms with Crippen molar-refractivity contribution in [2.75, 3.05) is 11.9 Å². The van der Waals surface area contributed by atoms with Crippen molar-refractivity contribution in [1.29, 1.82) is 0 Å². The van der Waals surface area contributed by atoms with Gasteiger partial charge in [0, 0.05) is 23.1 Å². The molecule has 1 unspecified atom stereocenters. The van der Waals surface area contributed by atoms with E-state index in [1.54, 1.807) is 43.3 Å². The largest absolute Gasteiger partial charge is 0.479 e. The van der Waals surface area contributed by atoms with E-state index in [1.165, 1.54) is 0 Å². The molecule has 0 heterocycles. The number of halogens is 2. The average molecular weight is 426 g/mol. The van der Waals surface area contributed by atoms with Gasteiger partial charge in [-0.2, -0.15) is 0 Å². The predicted molar refractivity (Wildman–Crippen MR) is 102 cm³/mol. The molecule has 2 amide bonds. The highest BCUT2D eigenvalue weighted by atomic mass is 79.9. The zero-order chi connectivity index (χ0) is 18.2. The van der Waals surface area contributed by atoms with Crippen LogP contribution in [0.25, 0.3) is 0 Å². The third-order valence-corrected chi connectivity index (χ3v) is 4.13. The van der Waals surface area contributed by atoms with Gasteiger partial charge >= 0.3 is 0 Å². The molecule has 0 saturated carbocycles. The van der Waals surface area contributed by atoms with Gasteiger partial charge in [0.15, 0.2) is 6.10 Å². The van der Waals surface area contributed by atoms with Crippen LogP contribution in [0.2, 0.25) is 5.02 Å². The molecular weight excluding hydrogens is 408 g/mol. The van der Waals surface area contributed by atoms with E-state index in [4.69, 9.17) is 16.3 Å². The number of carbonyl (C=O) groups excluding carboxylic acids is 2. The van der Waals surface area contributed by atoms with E-state index in [1.807, 2.05) is 12.1 Å². The Kier molecular flexibility index (Phi) is 7.28. The molecule has 0 bridgehead atoms. The lowest BCUT2D eigenvalue weighted by atomic mass is 10.3. The van der Waals surface area contributed by atoms with E-state index in [0.29, 0.717) is 16.5 Å². The molecule has 0 fully saturated rings. The summed E-state index contributed by atoms with van der Waals surface area (Å²) in [6.45, 7) is 1.85. The highest BCUT2D eigenvalue weighted by Gasteiger charge is 2.15. The molecule has 0 spiro atoms. The minimum atomic E-state index is -0.713. The maximum atomic E-state index is 12.0. The Hall–Kier alpha value is -2.05. The molecular formula is C18H18BrClN2O3. The fourth-order valence-corrected chi connectivity index (χ4v) is 2.43. The molecule has 2 N–H and O–H groups in total. The molecule has 1 atom stereocenters. The van der Waals surface area contributed by atoms with Gasteiger partial charge in [-0.3, -0.25) is 9.59 Å². The van der Waals surface area contributed by atoms with Crippen LogP contribution in [0.3, 0.4) is 0 Å². The predicted octanol–water partition coefficient (Wildman–Crippen LogP) is 4.01. The Morgan fingerprint density at radius 3 is 2.52 bits per heavy atom. The maximum absolute atomic E-state index is 12.0. The van der Waals surface area contributed by atoms with Crippen molar-refractivity contribution in [2.24, 2.45) is 0 Å². The van der Waals surface area contributed by atoms with Crippen LogP contribution in [0.5, 0.6) is 5.75 Å². The molecule has 132 valence electrons. The van der Waals surface area contributed by atoms with E-state index >= 15 is 0 Å². The number of amides is 2. The first-order chi connectivity index (χ1) is 12.0. The first-order valence-corrected chi connectivity index (χ1v) is 8.87. The number of rotatable bonds is 7. The Balaban J connectivity index is 1.73. The summed E-state index contributed by atoms with van der Waals surface area (Å²) in [7, 11) is 0. The van der Waals surface area contributed by atoms with Gasteiger partial charge in [-0.25, -0.2) is 0 Å². The molecule has 0 saturated heterocycles. The summed E-state index contributed by atoms with van der Waals surface area (Å²) in [5.74, 6) is -0.0431. The van der Waals surface area contributed by atoms with E-state index in [9.17, 15) is 9.59 Å². The van der Waals surface area contributed by atoms with Crippen LogP contribution in [0.1, 0.15) is 13.3 Å². The number of para-hydroxylation sites is 1. The standard InChI is InChI=1S/C18H18BrClN2O3/c1-12(25-16-5-3-2-4-15(16)20)18(24)21-11-10-17(23)22-14-8-6-13(19)7-9-14/h2-9,12H,10-11H2,1H3,(H,21,24)(H,22,23). The lowest BCUT2D eigenvalue weighted by Gasteiger charge is -2.15. The highest BCUT2D eigenvalue weighted by Crippen LogP contribution is 2.24. The fourth-order valence-electron chi connectivity index (χ4n) is 1.98. The lowest BCUT2D eigenvalue weighted by molar-refractivity contribution is -0.127. The molecule has 2 rings (SSSR count). The van der Waals surface area contributed by atoms with Crippen LogP contribution in [-0.2, 0) is 9.59 Å². The second kappa shape index (κ2) is 9.44. The topological polar surface area (TPSA) is 67.4 Å². The summed E-state index contributed by atoms with van der Waals surface area (Å²) < 4.78 is 6.46. The quantitative estimate of drug-likeness (QED) is 0.704. The zero-order valence-corrected chi connectivity index (χ0v) is 15.9. The molecule has 5 nitrogen and oxygen atoms in total. The van der Waals surface area contributed by atoms with Gasteiger partial charge in [-0.05, 0) is 43.3 Å². The van der Waals surface area contributed by atoms with Crippen molar-refractivity contribution in [2.45, 2.75) is 19.4 Å². The number of benzene rings is 2.